The molecule has 0 saturated carbocycles. The van der Waals surface area contributed by atoms with Crippen molar-refractivity contribution in [3.05, 3.63) is 53.6 Å². The van der Waals surface area contributed by atoms with Gasteiger partial charge in [0.15, 0.2) is 0 Å². The number of nitrogens with one attached hydrogen (secondary N) is 2. The minimum absolute atomic E-state index is 0.0601. The van der Waals surface area contributed by atoms with E-state index in [0.717, 1.165) is 17.7 Å². The second-order valence-corrected chi connectivity index (χ2v) is 8.53. The highest BCUT2D eigenvalue weighted by molar-refractivity contribution is 7.89. The van der Waals surface area contributed by atoms with Crippen LogP contribution in [-0.2, 0) is 16.4 Å². The average Bonchev–Trinajstić information content (AvgIpc) is 2.68. The quantitative estimate of drug-likeness (QED) is 0.514. The number of aromatic carboxylic acids is 1. The highest BCUT2D eigenvalue weighted by Crippen LogP contribution is 2.24. The Labute approximate surface area is 172 Å². The first-order valence-electron chi connectivity index (χ1n) is 9.53. The Morgan fingerprint density at radius 3 is 2.45 bits per heavy atom. The van der Waals surface area contributed by atoms with Crippen molar-refractivity contribution in [1.82, 2.24) is 4.72 Å². The largest absolute Gasteiger partial charge is 0.497 e. The molecule has 0 bridgehead atoms. The van der Waals surface area contributed by atoms with Crippen molar-refractivity contribution in [3.63, 3.8) is 0 Å². The summed E-state index contributed by atoms with van der Waals surface area (Å²) < 4.78 is 33.5. The zero-order chi connectivity index (χ0) is 21.4. The third-order valence-electron chi connectivity index (χ3n) is 4.48. The Bertz CT molecular complexity index is 927. The molecule has 29 heavy (non-hydrogen) atoms. The first-order valence-corrected chi connectivity index (χ1v) is 11.0. The molecule has 8 heteroatoms. The van der Waals surface area contributed by atoms with E-state index in [-0.39, 0.29) is 16.5 Å². The van der Waals surface area contributed by atoms with Gasteiger partial charge in [0.25, 0.3) is 0 Å². The normalized spacial score (nSPS) is 12.4. The number of benzene rings is 2. The predicted molar refractivity (Wildman–Crippen MR) is 113 cm³/mol. The molecule has 2 rings (SSSR count). The van der Waals surface area contributed by atoms with E-state index in [1.165, 1.54) is 18.2 Å². The van der Waals surface area contributed by atoms with Gasteiger partial charge in [-0.3, -0.25) is 0 Å². The van der Waals surface area contributed by atoms with Crippen LogP contribution in [0.3, 0.4) is 0 Å². The van der Waals surface area contributed by atoms with Crippen LogP contribution in [0.5, 0.6) is 5.75 Å². The fourth-order valence-corrected chi connectivity index (χ4v) is 4.46. The Morgan fingerprint density at radius 1 is 1.17 bits per heavy atom. The number of anilines is 1. The van der Waals surface area contributed by atoms with Gasteiger partial charge in [-0.1, -0.05) is 25.5 Å². The molecule has 0 aliphatic rings. The Balaban J connectivity index is 2.20. The highest BCUT2D eigenvalue weighted by Gasteiger charge is 2.22. The lowest BCUT2D eigenvalue weighted by molar-refractivity contribution is 0.0696. The van der Waals surface area contributed by atoms with Crippen molar-refractivity contribution >= 4 is 21.7 Å². The maximum Gasteiger partial charge on any atom is 0.335 e. The molecule has 158 valence electrons. The van der Waals surface area contributed by atoms with Gasteiger partial charge in [-0.05, 0) is 55.7 Å². The van der Waals surface area contributed by atoms with Crippen LogP contribution in [0, 0.1) is 0 Å². The summed E-state index contributed by atoms with van der Waals surface area (Å²) in [4.78, 5) is 11.3. The van der Waals surface area contributed by atoms with Crippen LogP contribution in [0.1, 0.15) is 42.6 Å². The SMILES string of the molecule is CCC[C@H](C)NS(=O)(=O)c1cc(C(=O)O)ccc1NCCc1ccc(OC)cc1. The molecule has 0 fully saturated rings. The average molecular weight is 421 g/mol. The molecule has 0 unspecified atom stereocenters. The fraction of sp³-hybridized carbons (Fsp3) is 0.381. The zero-order valence-corrected chi connectivity index (χ0v) is 17.8. The highest BCUT2D eigenvalue weighted by atomic mass is 32.2. The molecule has 0 saturated heterocycles. The van der Waals surface area contributed by atoms with Gasteiger partial charge >= 0.3 is 5.97 Å². The molecule has 0 amide bonds. The molecular weight excluding hydrogens is 392 g/mol. The molecule has 0 aliphatic heterocycles. The summed E-state index contributed by atoms with van der Waals surface area (Å²) in [5, 5.41) is 12.4. The number of carboxylic acid groups (broad SMARTS) is 1. The topological polar surface area (TPSA) is 105 Å². The number of ether oxygens (including phenoxy) is 1. The number of hydrogen-bond acceptors (Lipinski definition) is 5. The first kappa shape index (κ1) is 22.7. The van der Waals surface area contributed by atoms with Gasteiger partial charge in [0.2, 0.25) is 10.0 Å². The second-order valence-electron chi connectivity index (χ2n) is 6.85. The van der Waals surface area contributed by atoms with Gasteiger partial charge in [-0.25, -0.2) is 17.9 Å². The molecule has 1 atom stereocenters. The Hall–Kier alpha value is -2.58. The number of carbonyl (C=O) groups is 1. The molecule has 2 aromatic rings. The van der Waals surface area contributed by atoms with E-state index in [1.807, 2.05) is 31.2 Å². The summed E-state index contributed by atoms with van der Waals surface area (Å²) >= 11 is 0. The van der Waals surface area contributed by atoms with Gasteiger partial charge in [0.05, 0.1) is 18.4 Å². The number of hydrogen-bond donors (Lipinski definition) is 3. The van der Waals surface area contributed by atoms with E-state index in [0.29, 0.717) is 25.1 Å². The number of methoxy groups -OCH3 is 1. The van der Waals surface area contributed by atoms with Gasteiger partial charge in [0, 0.05) is 12.6 Å². The third kappa shape index (κ3) is 6.47. The maximum atomic E-state index is 12.9. The van der Waals surface area contributed by atoms with Crippen molar-refractivity contribution in [2.45, 2.75) is 44.0 Å². The van der Waals surface area contributed by atoms with Crippen molar-refractivity contribution < 1.29 is 23.1 Å². The summed E-state index contributed by atoms with van der Waals surface area (Å²) in [5.41, 5.74) is 1.37. The standard InChI is InChI=1S/C21H28N2O5S/c1-4-5-15(2)23-29(26,27)20-14-17(21(24)25)8-11-19(20)22-13-12-16-6-9-18(28-3)10-7-16/h6-11,14-15,22-23H,4-5,12-13H2,1-3H3,(H,24,25)/t15-/m0/s1. The molecule has 0 spiro atoms. The second kappa shape index (κ2) is 10.3. The van der Waals surface area contributed by atoms with Gasteiger partial charge < -0.3 is 15.2 Å². The van der Waals surface area contributed by atoms with Crippen LogP contribution >= 0.6 is 0 Å². The van der Waals surface area contributed by atoms with E-state index < -0.39 is 16.0 Å². The van der Waals surface area contributed by atoms with Crippen molar-refractivity contribution in [1.29, 1.82) is 0 Å². The maximum absolute atomic E-state index is 12.9. The third-order valence-corrected chi connectivity index (χ3v) is 6.11. The summed E-state index contributed by atoms with van der Waals surface area (Å²) in [5.74, 6) is -0.403. The van der Waals surface area contributed by atoms with Crippen LogP contribution < -0.4 is 14.8 Å². The van der Waals surface area contributed by atoms with Crippen LogP contribution in [0.4, 0.5) is 5.69 Å². The van der Waals surface area contributed by atoms with Crippen LogP contribution in [0.15, 0.2) is 47.4 Å². The molecule has 3 N–H and O–H groups in total. The first-order chi connectivity index (χ1) is 13.8. The van der Waals surface area contributed by atoms with Gasteiger partial charge in [-0.15, -0.1) is 0 Å². The minimum Gasteiger partial charge on any atom is -0.497 e. The van der Waals surface area contributed by atoms with Crippen molar-refractivity contribution in [2.24, 2.45) is 0 Å². The smallest absolute Gasteiger partial charge is 0.335 e. The molecule has 0 aromatic heterocycles. The fourth-order valence-electron chi connectivity index (χ4n) is 2.98. The number of sulfonamides is 1. The summed E-state index contributed by atoms with van der Waals surface area (Å²) in [7, 11) is -2.26. The predicted octanol–water partition coefficient (Wildman–Crippen LogP) is 3.51. The van der Waals surface area contributed by atoms with E-state index >= 15 is 0 Å². The Morgan fingerprint density at radius 2 is 1.86 bits per heavy atom. The molecule has 7 nitrogen and oxygen atoms in total. The zero-order valence-electron chi connectivity index (χ0n) is 16.9. The Kier molecular flexibility index (Phi) is 8.04. The van der Waals surface area contributed by atoms with Gasteiger partial charge in [0.1, 0.15) is 10.6 Å². The summed E-state index contributed by atoms with van der Waals surface area (Å²) in [6.45, 7) is 4.26. The number of carboxylic acids is 1. The van der Waals surface area contributed by atoms with E-state index in [9.17, 15) is 18.3 Å². The molecule has 0 radical (unpaired) electrons. The van der Waals surface area contributed by atoms with Crippen molar-refractivity contribution in [3.8, 4) is 5.75 Å². The lowest BCUT2D eigenvalue weighted by Gasteiger charge is -2.17. The van der Waals surface area contributed by atoms with Crippen LogP contribution in [0.25, 0.3) is 0 Å². The minimum atomic E-state index is -3.86. The van der Waals surface area contributed by atoms with Gasteiger partial charge in [-0.2, -0.15) is 0 Å². The number of rotatable bonds is 11. The molecule has 0 heterocycles. The van der Waals surface area contributed by atoms with Crippen LogP contribution in [-0.4, -0.2) is 39.2 Å². The molecule has 2 aromatic carbocycles. The van der Waals surface area contributed by atoms with E-state index in [2.05, 4.69) is 10.0 Å². The summed E-state index contributed by atoms with van der Waals surface area (Å²) in [6, 6.07) is 11.5. The van der Waals surface area contributed by atoms with Crippen LogP contribution in [0.2, 0.25) is 0 Å². The molecule has 0 aliphatic carbocycles. The monoisotopic (exact) mass is 420 g/mol. The van der Waals surface area contributed by atoms with Crippen molar-refractivity contribution in [2.75, 3.05) is 19.0 Å². The van der Waals surface area contributed by atoms with E-state index in [1.54, 1.807) is 14.0 Å². The summed E-state index contributed by atoms with van der Waals surface area (Å²) in [6.07, 6.45) is 2.20. The molecular formula is C21H28N2O5S. The lowest BCUT2D eigenvalue weighted by Crippen LogP contribution is -2.33. The van der Waals surface area contributed by atoms with E-state index in [4.69, 9.17) is 4.74 Å². The lowest BCUT2D eigenvalue weighted by atomic mass is 10.1.